The average molecular weight is 355 g/mol. The van der Waals surface area contributed by atoms with Crippen LogP contribution >= 0.6 is 0 Å². The van der Waals surface area contributed by atoms with Gasteiger partial charge in [0.05, 0.1) is 11.7 Å². The van der Waals surface area contributed by atoms with Gasteiger partial charge in [-0.3, -0.25) is 0 Å². The maximum absolute atomic E-state index is 12.6. The number of nitrogens with zero attached hydrogens (tertiary/aromatic N) is 2. The molecule has 4 aromatic rings. The number of nitrogen functional groups attached to an aromatic ring is 1. The van der Waals surface area contributed by atoms with Crippen molar-refractivity contribution in [2.75, 3.05) is 12.3 Å². The molecule has 2 N–H and O–H groups in total. The SMILES string of the molecule is Nc1ccc2c(cnn2C(=O)OCC2c3ccccc3-c3ccccc32)c1. The Morgan fingerprint density at radius 2 is 1.67 bits per heavy atom. The minimum atomic E-state index is -0.489. The minimum absolute atomic E-state index is 0.0267. The molecule has 1 aliphatic carbocycles. The quantitative estimate of drug-likeness (QED) is 0.541. The second-order valence-electron chi connectivity index (χ2n) is 6.68. The number of fused-ring (bicyclic) bond motifs is 4. The van der Waals surface area contributed by atoms with Crippen LogP contribution < -0.4 is 5.73 Å². The van der Waals surface area contributed by atoms with Crippen molar-refractivity contribution in [3.8, 4) is 11.1 Å². The second kappa shape index (κ2) is 5.99. The van der Waals surface area contributed by atoms with Crippen molar-refractivity contribution in [2.24, 2.45) is 0 Å². The summed E-state index contributed by atoms with van der Waals surface area (Å²) in [6.45, 7) is 0.267. The number of carbonyl (C=O) groups is 1. The van der Waals surface area contributed by atoms with Crippen LogP contribution in [0.3, 0.4) is 0 Å². The van der Waals surface area contributed by atoms with E-state index in [-0.39, 0.29) is 12.5 Å². The summed E-state index contributed by atoms with van der Waals surface area (Å²) in [7, 11) is 0. The van der Waals surface area contributed by atoms with Crippen LogP contribution in [0.4, 0.5) is 10.5 Å². The molecular formula is C22H17N3O2. The van der Waals surface area contributed by atoms with Gasteiger partial charge in [0.2, 0.25) is 0 Å². The van der Waals surface area contributed by atoms with Crippen molar-refractivity contribution in [1.29, 1.82) is 0 Å². The molecule has 5 nitrogen and oxygen atoms in total. The van der Waals surface area contributed by atoms with Crippen LogP contribution in [-0.4, -0.2) is 22.5 Å². The van der Waals surface area contributed by atoms with Crippen molar-refractivity contribution in [3.63, 3.8) is 0 Å². The summed E-state index contributed by atoms with van der Waals surface area (Å²) in [5.74, 6) is 0.0267. The highest BCUT2D eigenvalue weighted by Gasteiger charge is 2.29. The highest BCUT2D eigenvalue weighted by Crippen LogP contribution is 2.44. The highest BCUT2D eigenvalue weighted by molar-refractivity contribution is 5.89. The van der Waals surface area contributed by atoms with Gasteiger partial charge in [-0.2, -0.15) is 9.78 Å². The molecule has 1 aromatic heterocycles. The van der Waals surface area contributed by atoms with E-state index >= 15 is 0 Å². The van der Waals surface area contributed by atoms with Gasteiger partial charge in [-0.15, -0.1) is 0 Å². The molecule has 0 saturated carbocycles. The molecule has 132 valence electrons. The van der Waals surface area contributed by atoms with Gasteiger partial charge in [0.25, 0.3) is 0 Å². The third kappa shape index (κ3) is 2.47. The van der Waals surface area contributed by atoms with Crippen LogP contribution in [0.5, 0.6) is 0 Å². The zero-order valence-corrected chi connectivity index (χ0v) is 14.5. The Kier molecular flexibility index (Phi) is 3.47. The number of nitrogens with two attached hydrogens (primary N) is 1. The van der Waals surface area contributed by atoms with Crippen LogP contribution in [0.15, 0.2) is 72.9 Å². The number of rotatable bonds is 2. The van der Waals surface area contributed by atoms with Crippen LogP contribution in [0, 0.1) is 0 Å². The standard InChI is InChI=1S/C22H17N3O2/c23-15-9-10-21-14(11-15)12-24-25(21)22(26)27-13-20-18-7-3-1-5-16(18)17-6-2-4-8-19(17)20/h1-12,20H,13,23H2. The van der Waals surface area contributed by atoms with Gasteiger partial charge in [-0.05, 0) is 40.5 Å². The molecule has 0 fully saturated rings. The van der Waals surface area contributed by atoms with Crippen molar-refractivity contribution < 1.29 is 9.53 Å². The van der Waals surface area contributed by atoms with Gasteiger partial charge in [0.15, 0.2) is 0 Å². The first kappa shape index (κ1) is 15.6. The van der Waals surface area contributed by atoms with E-state index in [1.165, 1.54) is 26.9 Å². The molecule has 0 spiro atoms. The zero-order valence-electron chi connectivity index (χ0n) is 14.5. The first-order chi connectivity index (χ1) is 13.2. The summed E-state index contributed by atoms with van der Waals surface area (Å²) in [4.78, 5) is 12.6. The molecule has 3 aromatic carbocycles. The largest absolute Gasteiger partial charge is 0.447 e. The summed E-state index contributed by atoms with van der Waals surface area (Å²) in [5, 5.41) is 4.97. The van der Waals surface area contributed by atoms with Crippen LogP contribution in [0.25, 0.3) is 22.0 Å². The third-order valence-corrected chi connectivity index (χ3v) is 5.10. The first-order valence-electron chi connectivity index (χ1n) is 8.81. The number of anilines is 1. The molecule has 0 amide bonds. The molecule has 5 rings (SSSR count). The molecular weight excluding hydrogens is 338 g/mol. The molecule has 0 unspecified atom stereocenters. The van der Waals surface area contributed by atoms with Crippen LogP contribution in [0.2, 0.25) is 0 Å². The summed E-state index contributed by atoms with van der Waals surface area (Å²) in [5.41, 5.74) is 11.9. The summed E-state index contributed by atoms with van der Waals surface area (Å²) in [6.07, 6.45) is 1.13. The van der Waals surface area contributed by atoms with Crippen molar-refractivity contribution in [1.82, 2.24) is 9.78 Å². The van der Waals surface area contributed by atoms with E-state index < -0.39 is 6.09 Å². The maximum Gasteiger partial charge on any atom is 0.435 e. The summed E-state index contributed by atoms with van der Waals surface area (Å²) >= 11 is 0. The minimum Gasteiger partial charge on any atom is -0.447 e. The van der Waals surface area contributed by atoms with E-state index in [0.717, 1.165) is 5.39 Å². The number of carbonyl (C=O) groups excluding carboxylic acids is 1. The molecule has 0 bridgehead atoms. The van der Waals surface area contributed by atoms with Crippen molar-refractivity contribution in [2.45, 2.75) is 5.92 Å². The Hall–Kier alpha value is -3.60. The fourth-order valence-electron chi connectivity index (χ4n) is 3.85. The van der Waals surface area contributed by atoms with Crippen LogP contribution in [-0.2, 0) is 4.74 Å². The smallest absolute Gasteiger partial charge is 0.435 e. The molecule has 0 atom stereocenters. The average Bonchev–Trinajstić information content (AvgIpc) is 3.25. The highest BCUT2D eigenvalue weighted by atomic mass is 16.6. The normalized spacial score (nSPS) is 12.7. The van der Waals surface area contributed by atoms with E-state index in [1.807, 2.05) is 24.3 Å². The van der Waals surface area contributed by atoms with Crippen molar-refractivity contribution in [3.05, 3.63) is 84.1 Å². The lowest BCUT2D eigenvalue weighted by Gasteiger charge is -2.14. The predicted octanol–water partition coefficient (Wildman–Crippen LogP) is 4.42. The molecule has 1 heterocycles. The first-order valence-corrected chi connectivity index (χ1v) is 8.81. The Bertz CT molecular complexity index is 1130. The fourth-order valence-corrected chi connectivity index (χ4v) is 3.85. The van der Waals surface area contributed by atoms with Gasteiger partial charge in [0, 0.05) is 17.0 Å². The van der Waals surface area contributed by atoms with Gasteiger partial charge in [0.1, 0.15) is 6.61 Å². The Labute approximate surface area is 156 Å². The topological polar surface area (TPSA) is 70.1 Å². The lowest BCUT2D eigenvalue weighted by molar-refractivity contribution is 0.142. The number of hydrogen-bond donors (Lipinski definition) is 1. The Morgan fingerprint density at radius 3 is 2.37 bits per heavy atom. The molecule has 0 saturated heterocycles. The lowest BCUT2D eigenvalue weighted by atomic mass is 9.98. The number of benzene rings is 3. The van der Waals surface area contributed by atoms with Gasteiger partial charge >= 0.3 is 6.09 Å². The summed E-state index contributed by atoms with van der Waals surface area (Å²) in [6, 6.07) is 21.8. The second-order valence-corrected chi connectivity index (χ2v) is 6.68. The van der Waals surface area contributed by atoms with E-state index in [4.69, 9.17) is 10.5 Å². The van der Waals surface area contributed by atoms with Crippen molar-refractivity contribution >= 4 is 22.7 Å². The van der Waals surface area contributed by atoms with E-state index in [0.29, 0.717) is 11.2 Å². The van der Waals surface area contributed by atoms with Gasteiger partial charge in [-0.25, -0.2) is 4.79 Å². The number of aromatic nitrogens is 2. The van der Waals surface area contributed by atoms with E-state index in [9.17, 15) is 4.79 Å². The number of hydrogen-bond acceptors (Lipinski definition) is 4. The molecule has 1 aliphatic rings. The fraction of sp³-hybridized carbons (Fsp3) is 0.0909. The van der Waals surface area contributed by atoms with E-state index in [1.54, 1.807) is 24.4 Å². The van der Waals surface area contributed by atoms with Gasteiger partial charge < -0.3 is 10.5 Å². The third-order valence-electron chi connectivity index (χ3n) is 5.10. The maximum atomic E-state index is 12.6. The van der Waals surface area contributed by atoms with Gasteiger partial charge in [-0.1, -0.05) is 48.5 Å². The molecule has 5 heteroatoms. The monoisotopic (exact) mass is 355 g/mol. The lowest BCUT2D eigenvalue weighted by Crippen LogP contribution is -2.18. The summed E-state index contributed by atoms with van der Waals surface area (Å²) < 4.78 is 6.93. The Balaban J connectivity index is 1.43. The predicted molar refractivity (Wildman–Crippen MR) is 105 cm³/mol. The Morgan fingerprint density at radius 1 is 1.00 bits per heavy atom. The number of ether oxygens (including phenoxy) is 1. The molecule has 0 radical (unpaired) electrons. The molecule has 27 heavy (non-hydrogen) atoms. The molecule has 0 aliphatic heterocycles. The zero-order chi connectivity index (χ0) is 18.4. The van der Waals surface area contributed by atoms with Crippen LogP contribution in [0.1, 0.15) is 17.0 Å². The van der Waals surface area contributed by atoms with E-state index in [2.05, 4.69) is 29.4 Å².